The van der Waals surface area contributed by atoms with Crippen LogP contribution in [0.2, 0.25) is 0 Å². The van der Waals surface area contributed by atoms with Gasteiger partial charge in [-0.2, -0.15) is 0 Å². The Morgan fingerprint density at radius 2 is 1.61 bits per heavy atom. The summed E-state index contributed by atoms with van der Waals surface area (Å²) in [7, 11) is 0. The Balaban J connectivity index is 1.28. The van der Waals surface area contributed by atoms with Gasteiger partial charge in [-0.25, -0.2) is 13.8 Å². The molecule has 5 rings (SSSR count). The van der Waals surface area contributed by atoms with E-state index in [9.17, 15) is 13.6 Å². The van der Waals surface area contributed by atoms with Crippen molar-refractivity contribution in [1.29, 1.82) is 0 Å². The van der Waals surface area contributed by atoms with Crippen molar-refractivity contribution in [3.05, 3.63) is 94.8 Å². The Labute approximate surface area is 190 Å². The lowest BCUT2D eigenvalue weighted by atomic mass is 10.1. The maximum atomic E-state index is 13.2. The van der Waals surface area contributed by atoms with E-state index in [0.717, 1.165) is 21.4 Å². The largest absolute Gasteiger partial charge is 0.400 e. The molecule has 0 unspecified atom stereocenters. The average molecular weight is 462 g/mol. The molecule has 0 saturated carbocycles. The molecule has 2 aromatic heterocycles. The first-order valence-corrected chi connectivity index (χ1v) is 10.9. The summed E-state index contributed by atoms with van der Waals surface area (Å²) >= 11 is 1.22. The molecule has 0 bridgehead atoms. The maximum Gasteiger partial charge on any atom is 0.315 e. The summed E-state index contributed by atoms with van der Waals surface area (Å²) in [5.41, 5.74) is 3.39. The summed E-state index contributed by atoms with van der Waals surface area (Å²) in [5, 5.41) is 10.9. The van der Waals surface area contributed by atoms with Gasteiger partial charge in [0.25, 0.3) is 11.7 Å². The second kappa shape index (κ2) is 8.87. The fourth-order valence-corrected chi connectivity index (χ4v) is 4.22. The third-order valence-electron chi connectivity index (χ3n) is 4.98. The molecule has 164 valence electrons. The molecule has 33 heavy (non-hydrogen) atoms. The molecule has 0 saturated heterocycles. The number of benzene rings is 3. The van der Waals surface area contributed by atoms with Gasteiger partial charge in [0.15, 0.2) is 5.01 Å². The first kappa shape index (κ1) is 20.9. The van der Waals surface area contributed by atoms with Gasteiger partial charge in [0.1, 0.15) is 11.6 Å². The molecule has 1 N–H and O–H groups in total. The summed E-state index contributed by atoms with van der Waals surface area (Å²) < 4.78 is 32.4. The number of nitrogens with zero attached hydrogens (tertiary/aromatic N) is 3. The minimum absolute atomic E-state index is 0.125. The number of halogens is 2. The first-order chi connectivity index (χ1) is 16.0. The molecule has 5 aromatic rings. The molecule has 0 radical (unpaired) electrons. The molecule has 9 heteroatoms. The predicted molar refractivity (Wildman–Crippen MR) is 121 cm³/mol. The van der Waals surface area contributed by atoms with Gasteiger partial charge in [0, 0.05) is 6.54 Å². The summed E-state index contributed by atoms with van der Waals surface area (Å²) in [5.74, 6) is -1.20. The molecule has 2 heterocycles. The van der Waals surface area contributed by atoms with E-state index in [1.54, 1.807) is 24.3 Å². The molecule has 0 aliphatic rings. The van der Waals surface area contributed by atoms with Gasteiger partial charge in [-0.05, 0) is 59.5 Å². The molecule has 0 aliphatic carbocycles. The van der Waals surface area contributed by atoms with Crippen LogP contribution in [0.25, 0.3) is 21.3 Å². The van der Waals surface area contributed by atoms with Crippen LogP contribution in [0.15, 0.2) is 71.1 Å². The number of hydrogen-bond acceptors (Lipinski definition) is 7. The Morgan fingerprint density at radius 3 is 2.36 bits per heavy atom. The fourth-order valence-electron chi connectivity index (χ4n) is 3.29. The average Bonchev–Trinajstić information content (AvgIpc) is 3.47. The SMILES string of the molecule is O=C(c1nnc(NCCc2ccc(F)cc2)o1)c1nc2ccc(-c3ccc(F)cc3)cc2s1. The van der Waals surface area contributed by atoms with Crippen molar-refractivity contribution in [3.8, 4) is 11.1 Å². The van der Waals surface area contributed by atoms with E-state index in [1.807, 2.05) is 18.2 Å². The number of ketones is 1. The molecule has 0 fully saturated rings. The van der Waals surface area contributed by atoms with Crippen LogP contribution in [0.1, 0.15) is 21.3 Å². The van der Waals surface area contributed by atoms with E-state index >= 15 is 0 Å². The molecule has 0 atom stereocenters. The summed E-state index contributed by atoms with van der Waals surface area (Å²) in [6.07, 6.45) is 0.625. The van der Waals surface area contributed by atoms with E-state index < -0.39 is 5.78 Å². The van der Waals surface area contributed by atoms with E-state index in [2.05, 4.69) is 20.5 Å². The molecular formula is C24H16F2N4O2S. The lowest BCUT2D eigenvalue weighted by molar-refractivity contribution is 0.100. The van der Waals surface area contributed by atoms with Crippen molar-refractivity contribution in [3.63, 3.8) is 0 Å². The third-order valence-corrected chi connectivity index (χ3v) is 6.00. The summed E-state index contributed by atoms with van der Waals surface area (Å²) in [4.78, 5) is 17.2. The number of nitrogens with one attached hydrogen (secondary N) is 1. The van der Waals surface area contributed by atoms with Gasteiger partial charge in [0.05, 0.1) is 10.2 Å². The lowest BCUT2D eigenvalue weighted by Crippen LogP contribution is -2.05. The number of rotatable bonds is 7. The maximum absolute atomic E-state index is 13.2. The van der Waals surface area contributed by atoms with Gasteiger partial charge < -0.3 is 9.73 Å². The highest BCUT2D eigenvalue weighted by Gasteiger charge is 2.21. The Kier molecular flexibility index (Phi) is 5.62. The quantitative estimate of drug-likeness (QED) is 0.321. The van der Waals surface area contributed by atoms with Crippen LogP contribution in [0.5, 0.6) is 0 Å². The highest BCUT2D eigenvalue weighted by molar-refractivity contribution is 7.20. The summed E-state index contributed by atoms with van der Waals surface area (Å²) in [6, 6.07) is 18.1. The van der Waals surface area contributed by atoms with E-state index in [-0.39, 0.29) is 28.5 Å². The monoisotopic (exact) mass is 462 g/mol. The van der Waals surface area contributed by atoms with Crippen LogP contribution >= 0.6 is 11.3 Å². The van der Waals surface area contributed by atoms with Gasteiger partial charge in [-0.1, -0.05) is 35.4 Å². The Hall–Kier alpha value is -3.98. The highest BCUT2D eigenvalue weighted by atomic mass is 32.1. The van der Waals surface area contributed by atoms with Crippen molar-refractivity contribution < 1.29 is 18.0 Å². The van der Waals surface area contributed by atoms with Gasteiger partial charge in [0.2, 0.25) is 0 Å². The topological polar surface area (TPSA) is 80.9 Å². The number of carbonyl (C=O) groups is 1. The summed E-state index contributed by atoms with van der Waals surface area (Å²) in [6.45, 7) is 0.481. The van der Waals surface area contributed by atoms with Crippen molar-refractivity contribution in [2.24, 2.45) is 0 Å². The number of fused-ring (bicyclic) bond motifs is 1. The third kappa shape index (κ3) is 4.63. The molecule has 3 aromatic carbocycles. The minimum Gasteiger partial charge on any atom is -0.400 e. The minimum atomic E-state index is -0.460. The molecule has 0 amide bonds. The highest BCUT2D eigenvalue weighted by Crippen LogP contribution is 2.29. The second-order valence-corrected chi connectivity index (χ2v) is 8.28. The number of aromatic nitrogens is 3. The van der Waals surface area contributed by atoms with Crippen molar-refractivity contribution >= 4 is 33.4 Å². The van der Waals surface area contributed by atoms with Gasteiger partial charge >= 0.3 is 6.01 Å². The number of anilines is 1. The van der Waals surface area contributed by atoms with Gasteiger partial charge in [-0.15, -0.1) is 16.4 Å². The standard InChI is InChI=1S/C24H16F2N4O2S/c25-17-6-1-14(2-7-17)11-12-27-24-30-29-22(32-24)21(31)23-28-19-10-5-16(13-20(19)33-23)15-3-8-18(26)9-4-15/h1-10,13H,11-12H2,(H,27,30). The Morgan fingerprint density at radius 1 is 0.909 bits per heavy atom. The number of thiazole rings is 1. The van der Waals surface area contributed by atoms with E-state index in [1.165, 1.54) is 35.6 Å². The molecule has 6 nitrogen and oxygen atoms in total. The number of carbonyl (C=O) groups excluding carboxylic acids is 1. The molecular weight excluding hydrogens is 446 g/mol. The zero-order valence-corrected chi connectivity index (χ0v) is 17.9. The van der Waals surface area contributed by atoms with Crippen LogP contribution < -0.4 is 5.32 Å². The predicted octanol–water partition coefficient (Wildman–Crippen LogP) is 5.51. The lowest BCUT2D eigenvalue weighted by Gasteiger charge is -2.01. The zero-order valence-electron chi connectivity index (χ0n) is 17.1. The first-order valence-electron chi connectivity index (χ1n) is 10.1. The van der Waals surface area contributed by atoms with Crippen LogP contribution in [0, 0.1) is 11.6 Å². The number of hydrogen-bond donors (Lipinski definition) is 1. The Bertz CT molecular complexity index is 1430. The molecule has 0 aliphatic heterocycles. The van der Waals surface area contributed by atoms with Crippen molar-refractivity contribution in [2.75, 3.05) is 11.9 Å². The fraction of sp³-hybridized carbons (Fsp3) is 0.0833. The van der Waals surface area contributed by atoms with E-state index in [0.29, 0.717) is 18.5 Å². The van der Waals surface area contributed by atoms with Crippen molar-refractivity contribution in [2.45, 2.75) is 6.42 Å². The second-order valence-electron chi connectivity index (χ2n) is 7.25. The van der Waals surface area contributed by atoms with Crippen LogP contribution in [0.4, 0.5) is 14.8 Å². The molecule has 0 spiro atoms. The van der Waals surface area contributed by atoms with Crippen LogP contribution in [-0.4, -0.2) is 27.5 Å². The van der Waals surface area contributed by atoms with Crippen LogP contribution in [-0.2, 0) is 6.42 Å². The normalized spacial score (nSPS) is 11.1. The van der Waals surface area contributed by atoms with E-state index in [4.69, 9.17) is 4.42 Å². The smallest absolute Gasteiger partial charge is 0.315 e. The van der Waals surface area contributed by atoms with Crippen molar-refractivity contribution in [1.82, 2.24) is 15.2 Å². The zero-order chi connectivity index (χ0) is 22.8. The van der Waals surface area contributed by atoms with Gasteiger partial charge in [-0.3, -0.25) is 4.79 Å². The van der Waals surface area contributed by atoms with Crippen LogP contribution in [0.3, 0.4) is 0 Å².